The van der Waals surface area contributed by atoms with E-state index in [2.05, 4.69) is 0 Å². The molecule has 1 aliphatic rings. The van der Waals surface area contributed by atoms with Crippen LogP contribution in [-0.2, 0) is 9.84 Å². The molecule has 1 N–H and O–H groups in total. The van der Waals surface area contributed by atoms with Crippen molar-refractivity contribution in [1.29, 1.82) is 0 Å². The molecule has 20 heavy (non-hydrogen) atoms. The van der Waals surface area contributed by atoms with Gasteiger partial charge in [-0.25, -0.2) is 8.42 Å². The number of nitrogens with zero attached hydrogens (tertiary/aromatic N) is 1. The highest BCUT2D eigenvalue weighted by atomic mass is 32.2. The van der Waals surface area contributed by atoms with Gasteiger partial charge in [0.1, 0.15) is 0 Å². The highest BCUT2D eigenvalue weighted by Gasteiger charge is 2.32. The molecule has 0 unspecified atom stereocenters. The summed E-state index contributed by atoms with van der Waals surface area (Å²) < 4.78 is 48.7. The summed E-state index contributed by atoms with van der Waals surface area (Å²) in [7, 11) is -2.94. The number of hydrogen-bond donors (Lipinski definition) is 1. The highest BCUT2D eigenvalue weighted by Crippen LogP contribution is 2.32. The van der Waals surface area contributed by atoms with Crippen LogP contribution < -0.4 is 4.90 Å². The van der Waals surface area contributed by atoms with E-state index in [-0.39, 0.29) is 22.6 Å². The molecule has 0 atom stereocenters. The summed E-state index contributed by atoms with van der Waals surface area (Å²) in [4.78, 5) is 1.31. The van der Waals surface area contributed by atoms with Crippen LogP contribution in [0, 0.1) is 5.92 Å². The van der Waals surface area contributed by atoms with Crippen LogP contribution in [-0.4, -0.2) is 39.0 Å². The second-order valence-electron chi connectivity index (χ2n) is 5.15. The molecule has 112 valence electrons. The predicted molar refractivity (Wildman–Crippen MR) is 71.6 cm³/mol. The molecule has 1 saturated carbocycles. The second kappa shape index (κ2) is 5.65. The lowest BCUT2D eigenvalue weighted by Gasteiger charge is -2.35. The van der Waals surface area contributed by atoms with Gasteiger partial charge in [-0.05, 0) is 30.9 Å². The van der Waals surface area contributed by atoms with Crippen molar-refractivity contribution in [3.63, 3.8) is 0 Å². The highest BCUT2D eigenvalue weighted by molar-refractivity contribution is 7.91. The molecule has 7 heteroatoms. The number of aliphatic hydroxyl groups is 1. The maximum absolute atomic E-state index is 12.7. The number of sulfone groups is 1. The van der Waals surface area contributed by atoms with Gasteiger partial charge in [0.2, 0.25) is 9.84 Å². The van der Waals surface area contributed by atoms with E-state index in [0.717, 1.165) is 0 Å². The summed E-state index contributed by atoms with van der Waals surface area (Å²) >= 11 is 0. The summed E-state index contributed by atoms with van der Waals surface area (Å²) in [6, 6.07) is 5.76. The average Bonchev–Trinajstić information content (AvgIpc) is 2.36. The number of aliphatic hydroxyl groups excluding tert-OH is 1. The first-order valence-electron chi connectivity index (χ1n) is 6.32. The smallest absolute Gasteiger partial charge is 0.341 e. The fourth-order valence-electron chi connectivity index (χ4n) is 2.44. The minimum Gasteiger partial charge on any atom is -0.393 e. The van der Waals surface area contributed by atoms with Crippen molar-refractivity contribution in [1.82, 2.24) is 0 Å². The first kappa shape index (κ1) is 15.2. The molecule has 0 bridgehead atoms. The molecular formula is C13H17F2NO3S. The summed E-state index contributed by atoms with van der Waals surface area (Å²) in [6.07, 6.45) is 1.02. The number of rotatable bonds is 5. The van der Waals surface area contributed by atoms with Crippen molar-refractivity contribution >= 4 is 15.5 Å². The molecule has 2 rings (SSSR count). The zero-order valence-corrected chi connectivity index (χ0v) is 11.9. The van der Waals surface area contributed by atoms with Crippen LogP contribution >= 0.6 is 0 Å². The molecule has 1 aromatic rings. The Hall–Kier alpha value is -1.21. The van der Waals surface area contributed by atoms with E-state index < -0.39 is 15.6 Å². The third kappa shape index (κ3) is 2.93. The molecule has 1 fully saturated rings. The topological polar surface area (TPSA) is 57.6 Å². The van der Waals surface area contributed by atoms with E-state index in [1.54, 1.807) is 18.0 Å². The van der Waals surface area contributed by atoms with Crippen molar-refractivity contribution in [2.75, 3.05) is 18.5 Å². The second-order valence-corrected chi connectivity index (χ2v) is 7.03. The first-order chi connectivity index (χ1) is 9.32. The van der Waals surface area contributed by atoms with E-state index in [4.69, 9.17) is 0 Å². The minimum atomic E-state index is -4.61. The molecule has 0 heterocycles. The molecule has 0 spiro atoms. The summed E-state index contributed by atoms with van der Waals surface area (Å²) in [6.45, 7) is 0.535. The number of hydrogen-bond acceptors (Lipinski definition) is 4. The normalized spacial score (nSPS) is 22.6. The lowest BCUT2D eigenvalue weighted by molar-refractivity contribution is 0.0464. The van der Waals surface area contributed by atoms with Gasteiger partial charge in [-0.15, -0.1) is 0 Å². The van der Waals surface area contributed by atoms with E-state index >= 15 is 0 Å². The minimum absolute atomic E-state index is 0.261. The number of para-hydroxylation sites is 1. The van der Waals surface area contributed by atoms with Crippen molar-refractivity contribution in [3.05, 3.63) is 24.3 Å². The third-order valence-corrected chi connectivity index (χ3v) is 4.99. The van der Waals surface area contributed by atoms with E-state index in [9.17, 15) is 22.3 Å². The summed E-state index contributed by atoms with van der Waals surface area (Å²) in [5, 5.41) is 9.24. The van der Waals surface area contributed by atoms with Gasteiger partial charge in [0.25, 0.3) is 0 Å². The maximum Gasteiger partial charge on any atom is 0.341 e. The van der Waals surface area contributed by atoms with Crippen molar-refractivity contribution in [2.45, 2.75) is 29.6 Å². The largest absolute Gasteiger partial charge is 0.393 e. The Morgan fingerprint density at radius 2 is 1.95 bits per heavy atom. The van der Waals surface area contributed by atoms with Gasteiger partial charge in [-0.2, -0.15) is 8.78 Å². The molecule has 0 saturated heterocycles. The third-order valence-electron chi connectivity index (χ3n) is 3.56. The van der Waals surface area contributed by atoms with Crippen LogP contribution in [0.3, 0.4) is 0 Å². The molecule has 4 nitrogen and oxygen atoms in total. The van der Waals surface area contributed by atoms with Crippen LogP contribution in [0.4, 0.5) is 14.5 Å². The summed E-state index contributed by atoms with van der Waals surface area (Å²) in [5.41, 5.74) is 0.272. The van der Waals surface area contributed by atoms with Crippen molar-refractivity contribution in [2.24, 2.45) is 5.92 Å². The van der Waals surface area contributed by atoms with Gasteiger partial charge in [-0.3, -0.25) is 0 Å². The quantitative estimate of drug-likeness (QED) is 0.902. The van der Waals surface area contributed by atoms with Gasteiger partial charge in [0, 0.05) is 13.6 Å². The Morgan fingerprint density at radius 1 is 1.35 bits per heavy atom. The van der Waals surface area contributed by atoms with Gasteiger partial charge < -0.3 is 10.0 Å². The van der Waals surface area contributed by atoms with Crippen molar-refractivity contribution < 1.29 is 22.3 Å². The van der Waals surface area contributed by atoms with Gasteiger partial charge in [-0.1, -0.05) is 12.1 Å². The summed E-state index contributed by atoms with van der Waals surface area (Å²) in [5.74, 6) is -3.17. The molecule has 0 aliphatic heterocycles. The average molecular weight is 305 g/mol. The van der Waals surface area contributed by atoms with Crippen LogP contribution in [0.25, 0.3) is 0 Å². The zero-order chi connectivity index (χ0) is 14.9. The number of alkyl halides is 2. The fourth-order valence-corrected chi connectivity index (χ4v) is 3.42. The lowest BCUT2D eigenvalue weighted by atomic mass is 9.82. The Kier molecular flexibility index (Phi) is 4.29. The van der Waals surface area contributed by atoms with E-state index in [1.165, 1.54) is 18.2 Å². The van der Waals surface area contributed by atoms with Crippen molar-refractivity contribution in [3.8, 4) is 0 Å². The number of halogens is 2. The zero-order valence-electron chi connectivity index (χ0n) is 11.0. The molecule has 0 amide bonds. The van der Waals surface area contributed by atoms with E-state index in [1.807, 2.05) is 0 Å². The van der Waals surface area contributed by atoms with Crippen LogP contribution in [0.1, 0.15) is 12.8 Å². The van der Waals surface area contributed by atoms with Gasteiger partial charge in [0.15, 0.2) is 0 Å². The van der Waals surface area contributed by atoms with E-state index in [0.29, 0.717) is 19.4 Å². The fraction of sp³-hybridized carbons (Fsp3) is 0.538. The first-order valence-corrected chi connectivity index (χ1v) is 7.87. The molecule has 0 aromatic heterocycles. The molecule has 1 aromatic carbocycles. The number of anilines is 1. The predicted octanol–water partition coefficient (Wildman–Crippen LogP) is 1.89. The Bertz CT molecular complexity index is 571. The molecule has 0 radical (unpaired) electrons. The Morgan fingerprint density at radius 3 is 2.50 bits per heavy atom. The molecule has 1 aliphatic carbocycles. The van der Waals surface area contributed by atoms with Gasteiger partial charge in [0.05, 0.1) is 16.7 Å². The van der Waals surface area contributed by atoms with Crippen LogP contribution in [0.5, 0.6) is 0 Å². The van der Waals surface area contributed by atoms with Gasteiger partial charge >= 0.3 is 5.76 Å². The standard InChI is InChI=1S/C13H17F2NO3S/c1-16(8-9-6-10(17)7-9)11-4-2-3-5-12(11)20(18,19)13(14)15/h2-5,9-10,13,17H,6-8H2,1H3. The molecular weight excluding hydrogens is 288 g/mol. The van der Waals surface area contributed by atoms with Crippen LogP contribution in [0.15, 0.2) is 29.2 Å². The van der Waals surface area contributed by atoms with Crippen LogP contribution in [0.2, 0.25) is 0 Å². The monoisotopic (exact) mass is 305 g/mol. The lowest BCUT2D eigenvalue weighted by Crippen LogP contribution is -2.37. The maximum atomic E-state index is 12.7. The Balaban J connectivity index is 2.23. The number of benzene rings is 1. The Labute approximate surface area is 116 Å². The SMILES string of the molecule is CN(CC1CC(O)C1)c1ccccc1S(=O)(=O)C(F)F.